The summed E-state index contributed by atoms with van der Waals surface area (Å²) < 4.78 is 11.0. The number of allylic oxidation sites excluding steroid dienone is 1. The Morgan fingerprint density at radius 1 is 1.06 bits per heavy atom. The second-order valence-electron chi connectivity index (χ2n) is 9.78. The van der Waals surface area contributed by atoms with Gasteiger partial charge >= 0.3 is 6.16 Å². The van der Waals surface area contributed by atoms with Crippen molar-refractivity contribution in [2.24, 2.45) is 0 Å². The zero-order valence-corrected chi connectivity index (χ0v) is 21.4. The molecule has 184 valence electrons. The summed E-state index contributed by atoms with van der Waals surface area (Å²) in [6.45, 7) is 11.8. The highest BCUT2D eigenvalue weighted by molar-refractivity contribution is 5.85. The van der Waals surface area contributed by atoms with Gasteiger partial charge in [-0.2, -0.15) is 0 Å². The van der Waals surface area contributed by atoms with Gasteiger partial charge in [0, 0.05) is 25.6 Å². The molecule has 1 aliphatic heterocycles. The van der Waals surface area contributed by atoms with E-state index in [9.17, 15) is 4.79 Å². The molecule has 0 amide bonds. The molecule has 1 atom stereocenters. The lowest BCUT2D eigenvalue weighted by Crippen LogP contribution is -2.53. The first-order valence-corrected chi connectivity index (χ1v) is 12.0. The number of likely N-dealkylation sites (tertiary alicyclic amines) is 1. The van der Waals surface area contributed by atoms with Crippen molar-refractivity contribution < 1.29 is 19.4 Å². The topological polar surface area (TPSA) is 59.0 Å². The predicted molar refractivity (Wildman–Crippen MR) is 138 cm³/mol. The van der Waals surface area contributed by atoms with Gasteiger partial charge in [-0.3, -0.25) is 4.90 Å². The number of halogens is 1. The molecule has 0 spiro atoms. The van der Waals surface area contributed by atoms with Crippen LogP contribution >= 0.6 is 12.4 Å². The van der Waals surface area contributed by atoms with E-state index in [4.69, 9.17) is 14.6 Å². The maximum Gasteiger partial charge on any atom is 0.506 e. The summed E-state index contributed by atoms with van der Waals surface area (Å²) in [5.74, 6) is 1.82. The number of fused-ring (bicyclic) bond motifs is 1. The fraction of sp³-hybridized carbons (Fsp3) is 0.464. The van der Waals surface area contributed by atoms with Crippen molar-refractivity contribution in [1.29, 1.82) is 0 Å². The Kier molecular flexibility index (Phi) is 8.67. The molecule has 34 heavy (non-hydrogen) atoms. The van der Waals surface area contributed by atoms with Gasteiger partial charge < -0.3 is 14.6 Å². The monoisotopic (exact) mass is 485 g/mol. The Balaban J connectivity index is 0.00000324. The fourth-order valence-electron chi connectivity index (χ4n) is 4.76. The number of nitrogens with zero attached hydrogens (tertiary/aromatic N) is 1. The smallest absolute Gasteiger partial charge is 0.493 e. The van der Waals surface area contributed by atoms with E-state index >= 15 is 0 Å². The Morgan fingerprint density at radius 2 is 1.74 bits per heavy atom. The largest absolute Gasteiger partial charge is 0.506 e. The molecule has 2 aromatic carbocycles. The van der Waals surface area contributed by atoms with Crippen LogP contribution in [0.3, 0.4) is 0 Å². The number of hydrogen-bond donors (Lipinski definition) is 1. The van der Waals surface area contributed by atoms with Crippen molar-refractivity contribution in [3.63, 3.8) is 0 Å². The average Bonchev–Trinajstić information content (AvgIpc) is 2.77. The minimum Gasteiger partial charge on any atom is -0.493 e. The van der Waals surface area contributed by atoms with Crippen LogP contribution in [0.15, 0.2) is 48.0 Å². The quantitative estimate of drug-likeness (QED) is 0.432. The minimum atomic E-state index is -1.18. The first kappa shape index (κ1) is 26.1. The number of benzene rings is 2. The SMILES string of the molecule is CC1=C(CN2CC(OC(=O)O)C2)CCc2cc(OCC(C)c3ccc(C(C)C)cc3)ccc21.Cl. The Hall–Kier alpha value is -2.50. The van der Waals surface area contributed by atoms with E-state index in [2.05, 4.69) is 75.1 Å². The summed E-state index contributed by atoms with van der Waals surface area (Å²) in [5.41, 5.74) is 8.10. The zero-order valence-electron chi connectivity index (χ0n) is 20.5. The summed E-state index contributed by atoms with van der Waals surface area (Å²) >= 11 is 0. The highest BCUT2D eigenvalue weighted by atomic mass is 35.5. The van der Waals surface area contributed by atoms with Crippen molar-refractivity contribution in [1.82, 2.24) is 4.90 Å². The first-order valence-electron chi connectivity index (χ1n) is 12.0. The molecular weight excluding hydrogens is 450 g/mol. The van der Waals surface area contributed by atoms with Crippen molar-refractivity contribution in [2.45, 2.75) is 58.5 Å². The zero-order chi connectivity index (χ0) is 23.5. The van der Waals surface area contributed by atoms with Crippen molar-refractivity contribution in [3.8, 4) is 5.75 Å². The van der Waals surface area contributed by atoms with Gasteiger partial charge in [0.05, 0.1) is 6.61 Å². The maximum atomic E-state index is 10.6. The van der Waals surface area contributed by atoms with Gasteiger partial charge in [0.2, 0.25) is 0 Å². The number of ether oxygens (including phenoxy) is 2. The van der Waals surface area contributed by atoms with Crippen LogP contribution in [0.5, 0.6) is 5.75 Å². The molecule has 6 heteroatoms. The molecule has 1 saturated heterocycles. The van der Waals surface area contributed by atoms with Crippen LogP contribution in [0.2, 0.25) is 0 Å². The molecule has 1 aliphatic carbocycles. The number of rotatable bonds is 8. The number of aryl methyl sites for hydroxylation is 1. The Bertz CT molecular complexity index is 1030. The highest BCUT2D eigenvalue weighted by Crippen LogP contribution is 2.34. The molecule has 0 saturated carbocycles. The summed E-state index contributed by atoms with van der Waals surface area (Å²) in [7, 11) is 0. The summed E-state index contributed by atoms with van der Waals surface area (Å²) in [6, 6.07) is 15.4. The summed E-state index contributed by atoms with van der Waals surface area (Å²) in [6.07, 6.45) is 0.670. The Labute approximate surface area is 209 Å². The fourth-order valence-corrected chi connectivity index (χ4v) is 4.76. The third-order valence-electron chi connectivity index (χ3n) is 6.98. The molecule has 2 aliphatic rings. The molecule has 1 heterocycles. The Morgan fingerprint density at radius 3 is 2.38 bits per heavy atom. The van der Waals surface area contributed by atoms with Crippen molar-refractivity contribution in [2.75, 3.05) is 26.2 Å². The van der Waals surface area contributed by atoms with E-state index in [1.54, 1.807) is 0 Å². The van der Waals surface area contributed by atoms with E-state index < -0.39 is 6.16 Å². The number of hydrogen-bond acceptors (Lipinski definition) is 4. The molecule has 2 aromatic rings. The molecule has 1 N–H and O–H groups in total. The van der Waals surface area contributed by atoms with Crippen LogP contribution in [0.4, 0.5) is 4.79 Å². The molecule has 1 fully saturated rings. The average molecular weight is 486 g/mol. The second-order valence-corrected chi connectivity index (χ2v) is 9.78. The lowest BCUT2D eigenvalue weighted by molar-refractivity contribution is -0.0292. The molecule has 0 aromatic heterocycles. The first-order chi connectivity index (χ1) is 15.8. The second kappa shape index (κ2) is 11.3. The normalized spacial score (nSPS) is 17.0. The third kappa shape index (κ3) is 6.13. The van der Waals surface area contributed by atoms with E-state index in [0.29, 0.717) is 31.5 Å². The van der Waals surface area contributed by atoms with Gasteiger partial charge in [-0.1, -0.05) is 56.7 Å². The number of carboxylic acid groups (broad SMARTS) is 1. The van der Waals surface area contributed by atoms with Crippen LogP contribution in [-0.4, -0.2) is 48.5 Å². The van der Waals surface area contributed by atoms with Gasteiger partial charge in [0.1, 0.15) is 11.9 Å². The van der Waals surface area contributed by atoms with Crippen molar-refractivity contribution >= 4 is 24.1 Å². The minimum absolute atomic E-state index is 0. The third-order valence-corrected chi connectivity index (χ3v) is 6.98. The lowest BCUT2D eigenvalue weighted by Gasteiger charge is -2.39. The predicted octanol–water partition coefficient (Wildman–Crippen LogP) is 6.51. The summed E-state index contributed by atoms with van der Waals surface area (Å²) in [4.78, 5) is 12.9. The van der Waals surface area contributed by atoms with E-state index in [-0.39, 0.29) is 18.5 Å². The lowest BCUT2D eigenvalue weighted by atomic mass is 9.85. The molecule has 0 bridgehead atoms. The highest BCUT2D eigenvalue weighted by Gasteiger charge is 2.31. The molecule has 5 nitrogen and oxygen atoms in total. The van der Waals surface area contributed by atoms with Gasteiger partial charge in [0.15, 0.2) is 0 Å². The van der Waals surface area contributed by atoms with E-state index in [1.165, 1.54) is 33.4 Å². The van der Waals surface area contributed by atoms with E-state index in [0.717, 1.165) is 25.1 Å². The van der Waals surface area contributed by atoms with Gasteiger partial charge in [-0.05, 0) is 65.6 Å². The number of carbonyl (C=O) groups is 1. The van der Waals surface area contributed by atoms with Gasteiger partial charge in [-0.25, -0.2) is 4.79 Å². The van der Waals surface area contributed by atoms with Crippen LogP contribution in [0.25, 0.3) is 5.57 Å². The van der Waals surface area contributed by atoms with Gasteiger partial charge in [0.25, 0.3) is 0 Å². The van der Waals surface area contributed by atoms with Crippen LogP contribution in [0, 0.1) is 0 Å². The molecular formula is C28H36ClNO4. The molecule has 1 unspecified atom stereocenters. The standard InChI is InChI=1S/C28H35NO4.ClH/c1-18(2)21-5-7-22(8-6-21)19(3)17-32-25-11-12-27-20(4)24(10-9-23(27)13-25)14-29-15-26(16-29)33-28(30)31;/h5-8,11-13,18-19,26H,9-10,14-17H2,1-4H3,(H,30,31);1H. The van der Waals surface area contributed by atoms with Crippen LogP contribution < -0.4 is 4.74 Å². The van der Waals surface area contributed by atoms with Crippen LogP contribution in [0.1, 0.15) is 68.2 Å². The van der Waals surface area contributed by atoms with E-state index in [1.807, 2.05) is 0 Å². The maximum absolute atomic E-state index is 10.6. The van der Waals surface area contributed by atoms with Crippen molar-refractivity contribution in [3.05, 3.63) is 70.3 Å². The van der Waals surface area contributed by atoms with Gasteiger partial charge in [-0.15, -0.1) is 12.4 Å². The molecule has 4 rings (SSSR count). The summed E-state index contributed by atoms with van der Waals surface area (Å²) in [5, 5.41) is 8.72. The molecule has 0 radical (unpaired) electrons. The van der Waals surface area contributed by atoms with Crippen LogP contribution in [-0.2, 0) is 11.2 Å².